The number of nitrogens with one attached hydrogen (secondary N) is 2. The number of amides is 1. The average molecular weight is 238 g/mol. The first-order valence-corrected chi connectivity index (χ1v) is 5.14. The Morgan fingerprint density at radius 1 is 1.56 bits per heavy atom. The summed E-state index contributed by atoms with van der Waals surface area (Å²) >= 11 is 5.78. The van der Waals surface area contributed by atoms with Crippen LogP contribution in [0.1, 0.15) is 12.5 Å². The standard InChI is InChI=1S/C11H12ClN3O/c1-7(14-2)11(16)15-9-3-4-10(12)8(5-9)6-13/h3-5,7,14H,1-2H3,(H,15,16). The molecule has 1 rings (SSSR count). The fourth-order valence-corrected chi connectivity index (χ4v) is 1.23. The highest BCUT2D eigenvalue weighted by atomic mass is 35.5. The number of nitriles is 1. The summed E-state index contributed by atoms with van der Waals surface area (Å²) in [4.78, 5) is 11.5. The summed E-state index contributed by atoms with van der Waals surface area (Å²) in [5.74, 6) is -0.159. The Labute approximate surface area is 99.2 Å². The summed E-state index contributed by atoms with van der Waals surface area (Å²) < 4.78 is 0. The first-order valence-electron chi connectivity index (χ1n) is 4.76. The first-order chi connectivity index (χ1) is 7.58. The third kappa shape index (κ3) is 2.96. The minimum Gasteiger partial charge on any atom is -0.325 e. The van der Waals surface area contributed by atoms with Gasteiger partial charge in [0.05, 0.1) is 16.6 Å². The van der Waals surface area contributed by atoms with Crippen molar-refractivity contribution >= 4 is 23.2 Å². The maximum absolute atomic E-state index is 11.5. The van der Waals surface area contributed by atoms with Crippen LogP contribution in [-0.2, 0) is 4.79 Å². The number of rotatable bonds is 3. The third-order valence-electron chi connectivity index (χ3n) is 2.18. The van der Waals surface area contributed by atoms with Crippen LogP contribution in [0.15, 0.2) is 18.2 Å². The molecule has 0 bridgehead atoms. The van der Waals surface area contributed by atoms with Crippen molar-refractivity contribution in [3.63, 3.8) is 0 Å². The Balaban J connectivity index is 2.83. The summed E-state index contributed by atoms with van der Waals surface area (Å²) in [6, 6.07) is 6.45. The maximum Gasteiger partial charge on any atom is 0.241 e. The van der Waals surface area contributed by atoms with E-state index in [1.165, 1.54) is 0 Å². The average Bonchev–Trinajstić information content (AvgIpc) is 2.30. The Morgan fingerprint density at radius 3 is 2.81 bits per heavy atom. The van der Waals surface area contributed by atoms with E-state index >= 15 is 0 Å². The second kappa shape index (κ2) is 5.50. The molecule has 0 saturated heterocycles. The molecule has 1 unspecified atom stereocenters. The van der Waals surface area contributed by atoms with E-state index in [1.54, 1.807) is 32.2 Å². The molecule has 1 aromatic carbocycles. The molecular weight excluding hydrogens is 226 g/mol. The quantitative estimate of drug-likeness (QED) is 0.842. The number of benzene rings is 1. The van der Waals surface area contributed by atoms with Gasteiger partial charge in [0.1, 0.15) is 6.07 Å². The normalized spacial score (nSPS) is 11.6. The molecule has 1 atom stereocenters. The number of hydrogen-bond acceptors (Lipinski definition) is 3. The zero-order chi connectivity index (χ0) is 12.1. The van der Waals surface area contributed by atoms with E-state index in [0.29, 0.717) is 16.3 Å². The third-order valence-corrected chi connectivity index (χ3v) is 2.51. The highest BCUT2D eigenvalue weighted by Gasteiger charge is 2.10. The van der Waals surface area contributed by atoms with Crippen molar-refractivity contribution in [1.82, 2.24) is 5.32 Å². The molecule has 16 heavy (non-hydrogen) atoms. The molecule has 2 N–H and O–H groups in total. The number of likely N-dealkylation sites (N-methyl/N-ethyl adjacent to an activating group) is 1. The molecule has 0 aliphatic rings. The predicted molar refractivity (Wildman–Crippen MR) is 63.3 cm³/mol. The Hall–Kier alpha value is -1.57. The lowest BCUT2D eigenvalue weighted by Crippen LogP contribution is -2.35. The summed E-state index contributed by atoms with van der Waals surface area (Å²) in [7, 11) is 1.70. The molecule has 0 heterocycles. The summed E-state index contributed by atoms with van der Waals surface area (Å²) in [6.45, 7) is 1.75. The van der Waals surface area contributed by atoms with E-state index in [4.69, 9.17) is 16.9 Å². The Kier molecular flexibility index (Phi) is 4.29. The lowest BCUT2D eigenvalue weighted by molar-refractivity contribution is -0.117. The SMILES string of the molecule is CNC(C)C(=O)Nc1ccc(Cl)c(C#N)c1. The highest BCUT2D eigenvalue weighted by Crippen LogP contribution is 2.19. The van der Waals surface area contributed by atoms with E-state index in [0.717, 1.165) is 0 Å². The molecule has 1 aromatic rings. The van der Waals surface area contributed by atoms with Crippen LogP contribution >= 0.6 is 11.6 Å². The molecule has 0 fully saturated rings. The van der Waals surface area contributed by atoms with Gasteiger partial charge in [0.15, 0.2) is 0 Å². The van der Waals surface area contributed by atoms with Gasteiger partial charge < -0.3 is 10.6 Å². The van der Waals surface area contributed by atoms with Gasteiger partial charge in [-0.15, -0.1) is 0 Å². The van der Waals surface area contributed by atoms with Crippen molar-refractivity contribution < 1.29 is 4.79 Å². The molecule has 5 heteroatoms. The monoisotopic (exact) mass is 237 g/mol. The van der Waals surface area contributed by atoms with E-state index in [-0.39, 0.29) is 11.9 Å². The molecule has 84 valence electrons. The molecule has 1 amide bonds. The number of carbonyl (C=O) groups is 1. The van der Waals surface area contributed by atoms with Gasteiger partial charge in [0, 0.05) is 5.69 Å². The second-order valence-corrected chi connectivity index (χ2v) is 3.71. The largest absolute Gasteiger partial charge is 0.325 e. The van der Waals surface area contributed by atoms with E-state index in [2.05, 4.69) is 10.6 Å². The molecule has 0 aliphatic carbocycles. The fraction of sp³-hybridized carbons (Fsp3) is 0.273. The Morgan fingerprint density at radius 2 is 2.25 bits per heavy atom. The fourth-order valence-electron chi connectivity index (χ4n) is 1.07. The van der Waals surface area contributed by atoms with Crippen LogP contribution in [0.2, 0.25) is 5.02 Å². The smallest absolute Gasteiger partial charge is 0.241 e. The van der Waals surface area contributed by atoms with E-state index in [9.17, 15) is 4.79 Å². The zero-order valence-corrected chi connectivity index (χ0v) is 9.80. The predicted octanol–water partition coefficient (Wildman–Crippen LogP) is 1.76. The van der Waals surface area contributed by atoms with Crippen LogP contribution < -0.4 is 10.6 Å². The van der Waals surface area contributed by atoms with Crippen LogP contribution in [0.3, 0.4) is 0 Å². The molecular formula is C11H12ClN3O. The topological polar surface area (TPSA) is 64.9 Å². The van der Waals surface area contributed by atoms with Gasteiger partial charge in [-0.25, -0.2) is 0 Å². The van der Waals surface area contributed by atoms with E-state index < -0.39 is 0 Å². The van der Waals surface area contributed by atoms with Crippen LogP contribution in [-0.4, -0.2) is 19.0 Å². The summed E-state index contributed by atoms with van der Waals surface area (Å²) in [5, 5.41) is 14.7. The first kappa shape index (κ1) is 12.5. The summed E-state index contributed by atoms with van der Waals surface area (Å²) in [5.41, 5.74) is 0.907. The molecule has 0 spiro atoms. The number of halogens is 1. The number of hydrogen-bond donors (Lipinski definition) is 2. The van der Waals surface area contributed by atoms with Gasteiger partial charge in [0.25, 0.3) is 0 Å². The van der Waals surface area contributed by atoms with Crippen LogP contribution in [0.25, 0.3) is 0 Å². The molecule has 4 nitrogen and oxygen atoms in total. The second-order valence-electron chi connectivity index (χ2n) is 3.31. The van der Waals surface area contributed by atoms with Gasteiger partial charge in [-0.1, -0.05) is 11.6 Å². The minimum absolute atomic E-state index is 0.159. The van der Waals surface area contributed by atoms with Crippen molar-refractivity contribution in [2.45, 2.75) is 13.0 Å². The number of carbonyl (C=O) groups excluding carboxylic acids is 1. The van der Waals surface area contributed by atoms with Gasteiger partial charge in [0.2, 0.25) is 5.91 Å². The molecule has 0 aliphatic heterocycles. The van der Waals surface area contributed by atoms with Crippen molar-refractivity contribution in [3.05, 3.63) is 28.8 Å². The van der Waals surface area contributed by atoms with Crippen LogP contribution in [0.5, 0.6) is 0 Å². The van der Waals surface area contributed by atoms with Gasteiger partial charge >= 0.3 is 0 Å². The van der Waals surface area contributed by atoms with Gasteiger partial charge in [-0.3, -0.25) is 4.79 Å². The van der Waals surface area contributed by atoms with Gasteiger partial charge in [-0.2, -0.15) is 5.26 Å². The molecule has 0 aromatic heterocycles. The van der Waals surface area contributed by atoms with Crippen LogP contribution in [0, 0.1) is 11.3 Å². The van der Waals surface area contributed by atoms with Crippen molar-refractivity contribution in [2.24, 2.45) is 0 Å². The van der Waals surface area contributed by atoms with Crippen molar-refractivity contribution in [3.8, 4) is 6.07 Å². The Bertz CT molecular complexity index is 439. The van der Waals surface area contributed by atoms with Crippen LogP contribution in [0.4, 0.5) is 5.69 Å². The van der Waals surface area contributed by atoms with Crippen molar-refractivity contribution in [2.75, 3.05) is 12.4 Å². The molecule has 0 radical (unpaired) electrons. The maximum atomic E-state index is 11.5. The summed E-state index contributed by atoms with van der Waals surface area (Å²) in [6.07, 6.45) is 0. The van der Waals surface area contributed by atoms with Gasteiger partial charge in [-0.05, 0) is 32.2 Å². The number of nitrogens with zero attached hydrogens (tertiary/aromatic N) is 1. The van der Waals surface area contributed by atoms with Crippen molar-refractivity contribution in [1.29, 1.82) is 5.26 Å². The highest BCUT2D eigenvalue weighted by molar-refractivity contribution is 6.31. The number of anilines is 1. The zero-order valence-electron chi connectivity index (χ0n) is 9.04. The lowest BCUT2D eigenvalue weighted by atomic mass is 10.2. The molecule has 0 saturated carbocycles. The lowest BCUT2D eigenvalue weighted by Gasteiger charge is -2.11. The van der Waals surface area contributed by atoms with E-state index in [1.807, 2.05) is 6.07 Å². The minimum atomic E-state index is -0.291.